The molecule has 1 heterocycles. The molecule has 4 nitrogen and oxygen atoms in total. The lowest BCUT2D eigenvalue weighted by Crippen LogP contribution is -2.17. The molecule has 21 heavy (non-hydrogen) atoms. The van der Waals surface area contributed by atoms with Gasteiger partial charge < -0.3 is 10.1 Å². The number of hydrogen-bond acceptors (Lipinski definition) is 5. The van der Waals surface area contributed by atoms with Gasteiger partial charge in [0.2, 0.25) is 0 Å². The normalized spacial score (nSPS) is 14.3. The van der Waals surface area contributed by atoms with Crippen molar-refractivity contribution in [1.82, 2.24) is 15.5 Å². The van der Waals surface area contributed by atoms with Crippen LogP contribution in [-0.4, -0.2) is 29.9 Å². The van der Waals surface area contributed by atoms with Crippen LogP contribution in [0.15, 0.2) is 24.3 Å². The highest BCUT2D eigenvalue weighted by Crippen LogP contribution is 2.23. The maximum absolute atomic E-state index is 5.38. The van der Waals surface area contributed by atoms with Crippen molar-refractivity contribution in [2.45, 2.75) is 38.1 Å². The lowest BCUT2D eigenvalue weighted by atomic mass is 10.1. The molecule has 0 spiro atoms. The van der Waals surface area contributed by atoms with E-state index >= 15 is 0 Å². The van der Waals surface area contributed by atoms with E-state index in [9.17, 15) is 0 Å². The van der Waals surface area contributed by atoms with E-state index in [1.54, 1.807) is 18.4 Å². The largest absolute Gasteiger partial charge is 0.496 e. The van der Waals surface area contributed by atoms with Crippen LogP contribution in [0.5, 0.6) is 5.75 Å². The fourth-order valence-corrected chi connectivity index (χ4v) is 3.22. The molecule has 0 atom stereocenters. The summed E-state index contributed by atoms with van der Waals surface area (Å²) < 4.78 is 5.38. The number of methoxy groups -OCH3 is 1. The molecule has 0 saturated heterocycles. The fourth-order valence-electron chi connectivity index (χ4n) is 2.31. The molecular formula is C16H21N3OS. The Hall–Kier alpha value is -1.46. The summed E-state index contributed by atoms with van der Waals surface area (Å²) in [7, 11) is 1.71. The molecule has 0 radical (unpaired) electrons. The second kappa shape index (κ2) is 7.00. The lowest BCUT2D eigenvalue weighted by Gasteiger charge is -2.05. The number of benzene rings is 1. The van der Waals surface area contributed by atoms with Gasteiger partial charge in [0.05, 0.1) is 7.11 Å². The third kappa shape index (κ3) is 4.25. The van der Waals surface area contributed by atoms with Gasteiger partial charge in [-0.2, -0.15) is 0 Å². The smallest absolute Gasteiger partial charge is 0.122 e. The van der Waals surface area contributed by atoms with Crippen LogP contribution in [0.2, 0.25) is 0 Å². The van der Waals surface area contributed by atoms with Crippen molar-refractivity contribution < 1.29 is 4.74 Å². The van der Waals surface area contributed by atoms with Crippen LogP contribution in [0.25, 0.3) is 0 Å². The number of hydrogen-bond donors (Lipinski definition) is 1. The summed E-state index contributed by atoms with van der Waals surface area (Å²) in [6.45, 7) is 1.09. The minimum Gasteiger partial charge on any atom is -0.496 e. The summed E-state index contributed by atoms with van der Waals surface area (Å²) in [6, 6.07) is 8.88. The Morgan fingerprint density at radius 1 is 1.24 bits per heavy atom. The van der Waals surface area contributed by atoms with Gasteiger partial charge in [-0.25, -0.2) is 0 Å². The van der Waals surface area contributed by atoms with E-state index < -0.39 is 0 Å². The zero-order valence-corrected chi connectivity index (χ0v) is 13.2. The molecule has 0 amide bonds. The van der Waals surface area contributed by atoms with Crippen molar-refractivity contribution in [1.29, 1.82) is 0 Å². The van der Waals surface area contributed by atoms with E-state index in [1.807, 2.05) is 18.2 Å². The highest BCUT2D eigenvalue weighted by Gasteiger charge is 2.19. The lowest BCUT2D eigenvalue weighted by molar-refractivity contribution is 0.410. The average molecular weight is 303 g/mol. The molecule has 2 aromatic rings. The molecule has 0 aliphatic heterocycles. The number of nitrogens with zero attached hydrogens (tertiary/aromatic N) is 2. The summed E-state index contributed by atoms with van der Waals surface area (Å²) in [6.07, 6.45) is 5.65. The molecule has 1 aromatic heterocycles. The maximum atomic E-state index is 5.38. The Labute approximate surface area is 129 Å². The van der Waals surface area contributed by atoms with Crippen molar-refractivity contribution in [3.8, 4) is 5.75 Å². The van der Waals surface area contributed by atoms with Crippen molar-refractivity contribution >= 4 is 11.3 Å². The Bertz CT molecular complexity index is 580. The molecule has 1 aliphatic carbocycles. The molecule has 3 rings (SSSR count). The van der Waals surface area contributed by atoms with Crippen LogP contribution in [0.1, 0.15) is 34.8 Å². The van der Waals surface area contributed by atoms with E-state index in [1.165, 1.54) is 12.8 Å². The van der Waals surface area contributed by atoms with Gasteiger partial charge in [-0.3, -0.25) is 0 Å². The summed E-state index contributed by atoms with van der Waals surface area (Å²) in [5, 5.41) is 14.3. The molecule has 1 fully saturated rings. The molecule has 1 aromatic carbocycles. The minimum atomic E-state index is 0.792. The van der Waals surface area contributed by atoms with Gasteiger partial charge in [0, 0.05) is 24.4 Å². The zero-order chi connectivity index (χ0) is 14.5. The monoisotopic (exact) mass is 303 g/mol. The van der Waals surface area contributed by atoms with Crippen molar-refractivity contribution in [3.63, 3.8) is 0 Å². The van der Waals surface area contributed by atoms with E-state index in [2.05, 4.69) is 21.6 Å². The third-order valence-electron chi connectivity index (χ3n) is 3.62. The van der Waals surface area contributed by atoms with Gasteiger partial charge in [-0.15, -0.1) is 21.5 Å². The summed E-state index contributed by atoms with van der Waals surface area (Å²) in [5.74, 6) is 0.919. The number of aromatic nitrogens is 2. The third-order valence-corrected chi connectivity index (χ3v) is 4.60. The van der Waals surface area contributed by atoms with Gasteiger partial charge in [0.1, 0.15) is 15.8 Å². The van der Waals surface area contributed by atoms with Crippen LogP contribution in [0.3, 0.4) is 0 Å². The van der Waals surface area contributed by atoms with E-state index in [0.717, 1.165) is 53.2 Å². The van der Waals surface area contributed by atoms with E-state index in [4.69, 9.17) is 4.74 Å². The van der Waals surface area contributed by atoms with Crippen LogP contribution in [0, 0.1) is 0 Å². The second-order valence-electron chi connectivity index (χ2n) is 5.41. The number of aryl methyl sites for hydroxylation is 1. The first-order chi connectivity index (χ1) is 10.3. The van der Waals surface area contributed by atoms with E-state index in [0.29, 0.717) is 0 Å². The molecular weight excluding hydrogens is 282 g/mol. The van der Waals surface area contributed by atoms with Gasteiger partial charge in [0.25, 0.3) is 0 Å². The maximum Gasteiger partial charge on any atom is 0.122 e. The topological polar surface area (TPSA) is 47.0 Å². The van der Waals surface area contributed by atoms with E-state index in [-0.39, 0.29) is 0 Å². The summed E-state index contributed by atoms with van der Waals surface area (Å²) >= 11 is 1.72. The predicted molar refractivity (Wildman–Crippen MR) is 85.1 cm³/mol. The van der Waals surface area contributed by atoms with Crippen molar-refractivity contribution in [2.24, 2.45) is 0 Å². The fraction of sp³-hybridized carbons (Fsp3) is 0.500. The first kappa shape index (κ1) is 14.5. The minimum absolute atomic E-state index is 0.792. The Kier molecular flexibility index (Phi) is 4.83. The molecule has 112 valence electrons. The number of ether oxygens (including phenoxy) is 1. The van der Waals surface area contributed by atoms with Crippen molar-refractivity contribution in [2.75, 3.05) is 13.7 Å². The highest BCUT2D eigenvalue weighted by molar-refractivity contribution is 7.11. The van der Waals surface area contributed by atoms with Crippen LogP contribution in [0.4, 0.5) is 0 Å². The number of rotatable bonds is 8. The first-order valence-electron chi connectivity index (χ1n) is 7.51. The predicted octanol–water partition coefficient (Wildman–Crippen LogP) is 2.82. The SMILES string of the molecule is COc1ccccc1Cc1nnc(CCCNC2CC2)s1. The van der Waals surface area contributed by atoms with Gasteiger partial charge in [-0.05, 0) is 31.9 Å². The highest BCUT2D eigenvalue weighted by atomic mass is 32.1. The van der Waals surface area contributed by atoms with Crippen LogP contribution >= 0.6 is 11.3 Å². The average Bonchev–Trinajstić information content (AvgIpc) is 3.24. The molecule has 1 saturated carbocycles. The first-order valence-corrected chi connectivity index (χ1v) is 8.33. The molecule has 1 aliphatic rings. The quantitative estimate of drug-likeness (QED) is 0.762. The Balaban J connectivity index is 1.51. The summed E-state index contributed by atoms with van der Waals surface area (Å²) in [5.41, 5.74) is 1.16. The summed E-state index contributed by atoms with van der Waals surface area (Å²) in [4.78, 5) is 0. The number of nitrogens with one attached hydrogen (secondary N) is 1. The molecule has 0 unspecified atom stereocenters. The van der Waals surface area contributed by atoms with Crippen LogP contribution < -0.4 is 10.1 Å². The van der Waals surface area contributed by atoms with Gasteiger partial charge in [0.15, 0.2) is 0 Å². The Morgan fingerprint density at radius 2 is 2.05 bits per heavy atom. The number of para-hydroxylation sites is 1. The van der Waals surface area contributed by atoms with Gasteiger partial charge in [-0.1, -0.05) is 18.2 Å². The van der Waals surface area contributed by atoms with Crippen LogP contribution in [-0.2, 0) is 12.8 Å². The van der Waals surface area contributed by atoms with Gasteiger partial charge >= 0.3 is 0 Å². The molecule has 1 N–H and O–H groups in total. The molecule has 0 bridgehead atoms. The standard InChI is InChI=1S/C16H21N3OS/c1-20-14-6-3-2-5-12(14)11-16-19-18-15(21-16)7-4-10-17-13-8-9-13/h2-3,5-6,13,17H,4,7-11H2,1H3. The zero-order valence-electron chi connectivity index (χ0n) is 12.3. The Morgan fingerprint density at radius 3 is 2.86 bits per heavy atom. The second-order valence-corrected chi connectivity index (χ2v) is 6.56. The van der Waals surface area contributed by atoms with Crippen molar-refractivity contribution in [3.05, 3.63) is 39.8 Å². The molecule has 5 heteroatoms.